The second-order valence-corrected chi connectivity index (χ2v) is 6.49. The predicted molar refractivity (Wildman–Crippen MR) is 89.1 cm³/mol. The molecule has 0 amide bonds. The minimum atomic E-state index is -0.278. The van der Waals surface area contributed by atoms with Crippen LogP contribution in [0.4, 0.5) is 0 Å². The maximum atomic E-state index is 12.5. The molecule has 4 heteroatoms. The Bertz CT molecular complexity index is 948. The van der Waals surface area contributed by atoms with Gasteiger partial charge in [-0.2, -0.15) is 0 Å². The van der Waals surface area contributed by atoms with Gasteiger partial charge in [-0.3, -0.25) is 0 Å². The van der Waals surface area contributed by atoms with Crippen LogP contribution in [-0.2, 0) is 0 Å². The van der Waals surface area contributed by atoms with Crippen molar-refractivity contribution in [3.05, 3.63) is 69.7 Å². The Kier molecular flexibility index (Phi) is 2.98. The largest absolute Gasteiger partial charge is 0.422 e. The van der Waals surface area contributed by atoms with Gasteiger partial charge in [-0.15, -0.1) is 22.7 Å². The van der Waals surface area contributed by atoms with Gasteiger partial charge in [0.2, 0.25) is 0 Å². The van der Waals surface area contributed by atoms with Crippen LogP contribution in [0, 0.1) is 0 Å². The average molecular weight is 310 g/mol. The van der Waals surface area contributed by atoms with Crippen LogP contribution in [-0.4, -0.2) is 0 Å². The summed E-state index contributed by atoms with van der Waals surface area (Å²) in [4.78, 5) is 14.5. The van der Waals surface area contributed by atoms with E-state index in [9.17, 15) is 4.79 Å². The first-order valence-corrected chi connectivity index (χ1v) is 8.24. The molecular formula is C17H10O2S2. The molecule has 0 N–H and O–H groups in total. The summed E-state index contributed by atoms with van der Waals surface area (Å²) in [6.07, 6.45) is 0. The third kappa shape index (κ3) is 2.04. The molecule has 102 valence electrons. The van der Waals surface area contributed by atoms with E-state index < -0.39 is 0 Å². The molecule has 2 nitrogen and oxygen atoms in total. The van der Waals surface area contributed by atoms with Gasteiger partial charge in [0.15, 0.2) is 0 Å². The molecule has 0 aliphatic heterocycles. The van der Waals surface area contributed by atoms with Crippen molar-refractivity contribution in [3.63, 3.8) is 0 Å². The van der Waals surface area contributed by atoms with Crippen LogP contribution in [0.15, 0.2) is 68.5 Å². The van der Waals surface area contributed by atoms with E-state index in [2.05, 4.69) is 0 Å². The monoisotopic (exact) mass is 310 g/mol. The van der Waals surface area contributed by atoms with Crippen LogP contribution in [0.3, 0.4) is 0 Å². The van der Waals surface area contributed by atoms with E-state index >= 15 is 0 Å². The summed E-state index contributed by atoms with van der Waals surface area (Å²) in [6, 6.07) is 15.7. The zero-order valence-corrected chi connectivity index (χ0v) is 12.5. The van der Waals surface area contributed by atoms with E-state index in [-0.39, 0.29) is 5.63 Å². The number of hydrogen-bond acceptors (Lipinski definition) is 4. The van der Waals surface area contributed by atoms with Crippen LogP contribution < -0.4 is 5.63 Å². The van der Waals surface area contributed by atoms with Gasteiger partial charge in [-0.05, 0) is 29.0 Å². The molecule has 0 spiro atoms. The highest BCUT2D eigenvalue weighted by atomic mass is 32.1. The topological polar surface area (TPSA) is 30.2 Å². The zero-order chi connectivity index (χ0) is 14.2. The second-order valence-electron chi connectivity index (χ2n) is 4.59. The first kappa shape index (κ1) is 12.6. The minimum absolute atomic E-state index is 0.278. The molecule has 3 aromatic heterocycles. The lowest BCUT2D eigenvalue weighted by molar-refractivity contribution is 0.564. The van der Waals surface area contributed by atoms with E-state index in [0.717, 1.165) is 20.7 Å². The third-order valence-electron chi connectivity index (χ3n) is 3.35. The summed E-state index contributed by atoms with van der Waals surface area (Å²) in [5.41, 5.74) is 1.98. The van der Waals surface area contributed by atoms with Crippen LogP contribution >= 0.6 is 22.7 Å². The molecule has 0 saturated carbocycles. The highest BCUT2D eigenvalue weighted by Gasteiger charge is 2.18. The fourth-order valence-electron chi connectivity index (χ4n) is 2.47. The van der Waals surface area contributed by atoms with Crippen LogP contribution in [0.2, 0.25) is 0 Å². The Hall–Kier alpha value is -2.17. The fourth-order valence-corrected chi connectivity index (χ4v) is 4.03. The highest BCUT2D eigenvalue weighted by Crippen LogP contribution is 2.39. The number of thiophene rings is 2. The predicted octanol–water partition coefficient (Wildman–Crippen LogP) is 5.25. The van der Waals surface area contributed by atoms with Gasteiger partial charge in [0, 0.05) is 20.7 Å². The lowest BCUT2D eigenvalue weighted by atomic mass is 10.0. The average Bonchev–Trinajstić information content (AvgIpc) is 3.19. The number of para-hydroxylation sites is 1. The van der Waals surface area contributed by atoms with Crippen LogP contribution in [0.5, 0.6) is 0 Å². The Labute approximate surface area is 128 Å². The number of fused-ring (bicyclic) bond motifs is 1. The van der Waals surface area contributed by atoms with Crippen molar-refractivity contribution in [2.75, 3.05) is 0 Å². The maximum Gasteiger partial charge on any atom is 0.345 e. The van der Waals surface area contributed by atoms with Crippen molar-refractivity contribution < 1.29 is 4.42 Å². The Morgan fingerprint density at radius 3 is 2.10 bits per heavy atom. The molecule has 0 radical (unpaired) electrons. The van der Waals surface area contributed by atoms with Gasteiger partial charge in [0.05, 0.1) is 5.56 Å². The van der Waals surface area contributed by atoms with E-state index in [1.807, 2.05) is 59.3 Å². The van der Waals surface area contributed by atoms with Gasteiger partial charge in [0.1, 0.15) is 5.58 Å². The summed E-state index contributed by atoms with van der Waals surface area (Å²) >= 11 is 3.19. The normalized spacial score (nSPS) is 11.0. The van der Waals surface area contributed by atoms with Gasteiger partial charge in [-0.25, -0.2) is 4.79 Å². The lowest BCUT2D eigenvalue weighted by Crippen LogP contribution is -2.04. The highest BCUT2D eigenvalue weighted by molar-refractivity contribution is 7.14. The molecule has 3 heterocycles. The van der Waals surface area contributed by atoms with Crippen molar-refractivity contribution in [2.45, 2.75) is 0 Å². The molecule has 4 aromatic rings. The van der Waals surface area contributed by atoms with Crippen molar-refractivity contribution in [1.82, 2.24) is 0 Å². The maximum absolute atomic E-state index is 12.5. The standard InChI is InChI=1S/C17H10O2S2/c18-17-16(14-8-4-10-21-14)15(13-7-3-9-20-13)11-5-1-2-6-12(11)19-17/h1-10H. The molecule has 0 fully saturated rings. The molecule has 21 heavy (non-hydrogen) atoms. The molecule has 0 atom stereocenters. The van der Waals surface area contributed by atoms with Gasteiger partial charge in [0.25, 0.3) is 0 Å². The van der Waals surface area contributed by atoms with Crippen molar-refractivity contribution in [2.24, 2.45) is 0 Å². The van der Waals surface area contributed by atoms with E-state index in [4.69, 9.17) is 4.42 Å². The molecule has 4 rings (SSSR count). The molecule has 0 aliphatic rings. The lowest BCUT2D eigenvalue weighted by Gasteiger charge is -2.08. The molecule has 0 aliphatic carbocycles. The summed E-state index contributed by atoms with van der Waals surface area (Å²) < 4.78 is 5.51. The Balaban J connectivity index is 2.20. The van der Waals surface area contributed by atoms with Crippen molar-refractivity contribution in [3.8, 4) is 20.9 Å². The van der Waals surface area contributed by atoms with Crippen molar-refractivity contribution >= 4 is 33.6 Å². The summed E-state index contributed by atoms with van der Waals surface area (Å²) in [6.45, 7) is 0. The summed E-state index contributed by atoms with van der Waals surface area (Å²) in [7, 11) is 0. The summed E-state index contributed by atoms with van der Waals surface area (Å²) in [5.74, 6) is 0. The number of benzene rings is 1. The minimum Gasteiger partial charge on any atom is -0.422 e. The first-order valence-electron chi connectivity index (χ1n) is 6.48. The van der Waals surface area contributed by atoms with E-state index in [0.29, 0.717) is 11.1 Å². The smallest absolute Gasteiger partial charge is 0.345 e. The molecule has 0 bridgehead atoms. The summed E-state index contributed by atoms with van der Waals surface area (Å²) in [5, 5.41) is 4.97. The van der Waals surface area contributed by atoms with Gasteiger partial charge < -0.3 is 4.42 Å². The molecular weight excluding hydrogens is 300 g/mol. The SMILES string of the molecule is O=c1oc2ccccc2c(-c2cccs2)c1-c1cccs1. The van der Waals surface area contributed by atoms with Gasteiger partial charge in [-0.1, -0.05) is 30.3 Å². The van der Waals surface area contributed by atoms with Crippen LogP contribution in [0.1, 0.15) is 0 Å². The zero-order valence-electron chi connectivity index (χ0n) is 10.9. The molecule has 1 aromatic carbocycles. The van der Waals surface area contributed by atoms with Crippen molar-refractivity contribution in [1.29, 1.82) is 0 Å². The Morgan fingerprint density at radius 1 is 0.762 bits per heavy atom. The fraction of sp³-hybridized carbons (Fsp3) is 0. The van der Waals surface area contributed by atoms with E-state index in [1.165, 1.54) is 0 Å². The van der Waals surface area contributed by atoms with Crippen LogP contribution in [0.25, 0.3) is 31.9 Å². The van der Waals surface area contributed by atoms with E-state index in [1.54, 1.807) is 22.7 Å². The molecule has 0 saturated heterocycles. The quantitative estimate of drug-likeness (QED) is 0.473. The number of hydrogen-bond donors (Lipinski definition) is 0. The number of rotatable bonds is 2. The second kappa shape index (κ2) is 4.98. The molecule has 0 unspecified atom stereocenters. The Morgan fingerprint density at radius 2 is 1.43 bits per heavy atom. The first-order chi connectivity index (χ1) is 10.3. The third-order valence-corrected chi connectivity index (χ3v) is 5.12. The van der Waals surface area contributed by atoms with Gasteiger partial charge >= 0.3 is 5.63 Å².